The lowest BCUT2D eigenvalue weighted by Gasteiger charge is -2.45. The number of nitrogens with one attached hydrogen (secondary N) is 2. The quantitative estimate of drug-likeness (QED) is 0.0899. The van der Waals surface area contributed by atoms with Crippen molar-refractivity contribution in [1.29, 1.82) is 0 Å². The Labute approximate surface area is 246 Å². The predicted molar refractivity (Wildman–Crippen MR) is 159 cm³/mol. The molecule has 0 aliphatic carbocycles. The van der Waals surface area contributed by atoms with Crippen LogP contribution in [-0.2, 0) is 23.1 Å². The number of aliphatic hydroxyl groups excluding tert-OH is 1. The highest BCUT2D eigenvalue weighted by Crippen LogP contribution is 2.33. The molecule has 2 heterocycles. The number of fused-ring (bicyclic) bond motifs is 1. The van der Waals surface area contributed by atoms with Gasteiger partial charge in [-0.1, -0.05) is 6.92 Å². The van der Waals surface area contributed by atoms with Crippen LogP contribution >= 0.6 is 0 Å². The van der Waals surface area contributed by atoms with Gasteiger partial charge in [0.1, 0.15) is 34.2 Å². The molecule has 13 heteroatoms. The topological polar surface area (TPSA) is 143 Å². The van der Waals surface area contributed by atoms with E-state index in [0.29, 0.717) is 28.9 Å². The normalized spacial score (nSPS) is 12.2. The number of esters is 1. The second-order valence-electron chi connectivity index (χ2n) is 9.86. The van der Waals surface area contributed by atoms with E-state index >= 15 is 0 Å². The molecule has 3 N–H and O–H groups in total. The summed E-state index contributed by atoms with van der Waals surface area (Å²) in [5.41, 5.74) is 4.02. The average molecular weight is 584 g/mol. The molecule has 228 valence electrons. The lowest BCUT2D eigenvalue weighted by atomic mass is 10.1. The first-order chi connectivity index (χ1) is 19.9. The summed E-state index contributed by atoms with van der Waals surface area (Å²) in [7, 11) is 8.36. The van der Waals surface area contributed by atoms with Crippen molar-refractivity contribution in [2.45, 2.75) is 39.9 Å². The molecule has 2 aromatic heterocycles. The third-order valence-corrected chi connectivity index (χ3v) is 7.23. The van der Waals surface area contributed by atoms with Crippen molar-refractivity contribution in [2.24, 2.45) is 7.05 Å². The van der Waals surface area contributed by atoms with Gasteiger partial charge in [0.15, 0.2) is 0 Å². The molecule has 0 saturated carbocycles. The number of methoxy groups -OCH3 is 2. The molecule has 0 radical (unpaired) electrons. The molecule has 0 atom stereocenters. The fourth-order valence-electron chi connectivity index (χ4n) is 4.70. The molecule has 0 unspecified atom stereocenters. The van der Waals surface area contributed by atoms with Crippen molar-refractivity contribution in [1.82, 2.24) is 35.4 Å². The smallest absolute Gasteiger partial charge is 0.375 e. The zero-order valence-electron chi connectivity index (χ0n) is 25.7. The van der Waals surface area contributed by atoms with Crippen LogP contribution in [0.5, 0.6) is 11.5 Å². The molecule has 0 bridgehead atoms. The summed E-state index contributed by atoms with van der Waals surface area (Å²) < 4.78 is 17.5. The molecular weight excluding hydrogens is 542 g/mol. The van der Waals surface area contributed by atoms with E-state index in [1.165, 1.54) is 0 Å². The van der Waals surface area contributed by atoms with E-state index in [9.17, 15) is 14.7 Å². The predicted octanol–water partition coefficient (Wildman–Crippen LogP) is 2.83. The standard InChI is InChI=1S/C29H41N7O6/c1-10-36(30-5)29(3,4)34(6)25(26(37)28(39)42-11-2)24-20-17-32-35(7)22(20)15-21(33-24)27(38)31-16-18-12-13-19(40-8)14-23(18)41-9/h12-15,17,30,37H,10-11,16H2,1-9H3,(H,31,38)/b26-25-. The molecule has 42 heavy (non-hydrogen) atoms. The Morgan fingerprint density at radius 2 is 1.86 bits per heavy atom. The summed E-state index contributed by atoms with van der Waals surface area (Å²) >= 11 is 0. The van der Waals surface area contributed by atoms with Gasteiger partial charge in [0.2, 0.25) is 5.76 Å². The van der Waals surface area contributed by atoms with E-state index in [0.717, 1.165) is 5.56 Å². The zero-order valence-corrected chi connectivity index (χ0v) is 25.7. The molecule has 3 rings (SSSR count). The minimum atomic E-state index is -0.914. The first kappa shape index (κ1) is 32.2. The number of nitrogens with zero attached hydrogens (tertiary/aromatic N) is 5. The number of aliphatic hydroxyl groups is 1. The van der Waals surface area contributed by atoms with Crippen molar-refractivity contribution < 1.29 is 28.9 Å². The number of hydrogen-bond acceptors (Lipinski definition) is 11. The number of hydrogen-bond donors (Lipinski definition) is 3. The maximum Gasteiger partial charge on any atom is 0.375 e. The highest BCUT2D eigenvalue weighted by Gasteiger charge is 2.36. The second kappa shape index (κ2) is 13.5. The molecule has 13 nitrogen and oxygen atoms in total. The van der Waals surface area contributed by atoms with Crippen LogP contribution in [0.15, 0.2) is 36.2 Å². The van der Waals surface area contributed by atoms with Crippen LogP contribution in [0.4, 0.5) is 0 Å². The van der Waals surface area contributed by atoms with Crippen molar-refractivity contribution in [3.05, 3.63) is 53.2 Å². The van der Waals surface area contributed by atoms with E-state index in [1.807, 2.05) is 25.8 Å². The number of carbonyl (C=O) groups is 2. The van der Waals surface area contributed by atoms with Crippen molar-refractivity contribution in [3.63, 3.8) is 0 Å². The SMILES string of the molecule is CCOC(=O)/C(O)=C(\c1nc(C(=O)NCc2ccc(OC)cc2OC)cc2c1cnn2C)N(C)C(C)(C)N(CC)NC. The van der Waals surface area contributed by atoms with E-state index in [1.54, 1.807) is 82.3 Å². The highest BCUT2D eigenvalue weighted by molar-refractivity contribution is 6.02. The Hall–Kier alpha value is -4.36. The molecule has 0 aliphatic rings. The number of benzene rings is 1. The van der Waals surface area contributed by atoms with Crippen molar-refractivity contribution >= 4 is 28.5 Å². The summed E-state index contributed by atoms with van der Waals surface area (Å²) in [6, 6.07) is 6.93. The summed E-state index contributed by atoms with van der Waals surface area (Å²) in [5, 5.41) is 21.0. The Bertz CT molecular complexity index is 1460. The molecule has 0 spiro atoms. The molecular formula is C29H41N7O6. The van der Waals surface area contributed by atoms with Gasteiger partial charge in [-0.25, -0.2) is 14.8 Å². The fraction of sp³-hybridized carbons (Fsp3) is 0.448. The van der Waals surface area contributed by atoms with Crippen LogP contribution < -0.4 is 20.2 Å². The van der Waals surface area contributed by atoms with Gasteiger partial charge in [-0.05, 0) is 46.0 Å². The first-order valence-corrected chi connectivity index (χ1v) is 13.6. The van der Waals surface area contributed by atoms with E-state index < -0.39 is 23.3 Å². The molecule has 1 aromatic carbocycles. The Morgan fingerprint density at radius 3 is 2.45 bits per heavy atom. The number of pyridine rings is 1. The summed E-state index contributed by atoms with van der Waals surface area (Å²) in [6.45, 7) is 8.29. The Morgan fingerprint density at radius 1 is 1.14 bits per heavy atom. The highest BCUT2D eigenvalue weighted by atomic mass is 16.5. The minimum absolute atomic E-state index is 0.0634. The monoisotopic (exact) mass is 583 g/mol. The number of carbonyl (C=O) groups excluding carboxylic acids is 2. The van der Waals surface area contributed by atoms with Crippen LogP contribution in [0.2, 0.25) is 0 Å². The van der Waals surface area contributed by atoms with E-state index in [-0.39, 0.29) is 30.2 Å². The number of ether oxygens (including phenoxy) is 3. The Balaban J connectivity index is 2.16. The van der Waals surface area contributed by atoms with Gasteiger partial charge >= 0.3 is 5.97 Å². The van der Waals surface area contributed by atoms with Gasteiger partial charge < -0.3 is 29.5 Å². The first-order valence-electron chi connectivity index (χ1n) is 13.6. The van der Waals surface area contributed by atoms with E-state index in [4.69, 9.17) is 14.2 Å². The van der Waals surface area contributed by atoms with Crippen LogP contribution in [-0.4, -0.2) is 88.8 Å². The second-order valence-corrected chi connectivity index (χ2v) is 9.86. The summed E-state index contributed by atoms with van der Waals surface area (Å²) in [6.07, 6.45) is 1.58. The van der Waals surface area contributed by atoms with E-state index in [2.05, 4.69) is 20.8 Å². The summed E-state index contributed by atoms with van der Waals surface area (Å²) in [4.78, 5) is 32.8. The average Bonchev–Trinajstić information content (AvgIpc) is 3.36. The van der Waals surface area contributed by atoms with Gasteiger partial charge in [-0.15, -0.1) is 0 Å². The lowest BCUT2D eigenvalue weighted by Crippen LogP contribution is -2.59. The number of aryl methyl sites for hydroxylation is 1. The van der Waals surface area contributed by atoms with Gasteiger partial charge in [0.25, 0.3) is 5.91 Å². The van der Waals surface area contributed by atoms with Crippen LogP contribution in [0.3, 0.4) is 0 Å². The third kappa shape index (κ3) is 6.42. The Kier molecular flexibility index (Phi) is 10.4. The molecule has 0 aliphatic heterocycles. The zero-order chi connectivity index (χ0) is 31.2. The maximum absolute atomic E-state index is 13.5. The number of aromatic nitrogens is 3. The maximum atomic E-state index is 13.5. The minimum Gasteiger partial charge on any atom is -0.500 e. The number of amides is 1. The molecule has 0 saturated heterocycles. The van der Waals surface area contributed by atoms with Crippen LogP contribution in [0.25, 0.3) is 16.6 Å². The summed E-state index contributed by atoms with van der Waals surface area (Å²) in [5.74, 6) is -0.841. The van der Waals surface area contributed by atoms with Crippen LogP contribution in [0.1, 0.15) is 49.4 Å². The van der Waals surface area contributed by atoms with Crippen molar-refractivity contribution in [3.8, 4) is 11.5 Å². The lowest BCUT2D eigenvalue weighted by molar-refractivity contribution is -0.141. The third-order valence-electron chi connectivity index (χ3n) is 7.23. The van der Waals surface area contributed by atoms with Gasteiger partial charge in [-0.3, -0.25) is 14.9 Å². The van der Waals surface area contributed by atoms with Gasteiger partial charge in [-0.2, -0.15) is 5.10 Å². The number of hydrazine groups is 1. The largest absolute Gasteiger partial charge is 0.500 e. The van der Waals surface area contributed by atoms with Gasteiger partial charge in [0, 0.05) is 44.2 Å². The molecule has 0 fully saturated rings. The van der Waals surface area contributed by atoms with Crippen molar-refractivity contribution in [2.75, 3.05) is 41.5 Å². The van der Waals surface area contributed by atoms with Crippen LogP contribution in [0, 0.1) is 0 Å². The fourth-order valence-corrected chi connectivity index (χ4v) is 4.70. The number of rotatable bonds is 13. The molecule has 3 aromatic rings. The van der Waals surface area contributed by atoms with Gasteiger partial charge in [0.05, 0.1) is 32.5 Å². The molecule has 1 amide bonds.